The van der Waals surface area contributed by atoms with Crippen molar-refractivity contribution in [3.05, 3.63) is 64.7 Å². The Kier molecular flexibility index (Phi) is 5.28. The van der Waals surface area contributed by atoms with Crippen LogP contribution in [0.2, 0.25) is 0 Å². The normalized spacial score (nSPS) is 14.8. The molecule has 2 aromatic carbocycles. The summed E-state index contributed by atoms with van der Waals surface area (Å²) in [5.41, 5.74) is 1.84. The molecule has 0 aliphatic heterocycles. The minimum Gasteiger partial charge on any atom is -0.325 e. The number of benzene rings is 2. The Bertz CT molecular complexity index is 966. The lowest BCUT2D eigenvalue weighted by molar-refractivity contribution is -0.116. The molecule has 0 saturated heterocycles. The molecule has 138 valence electrons. The SMILES string of the molecule is CC(=O)[C@@H](C)S[C@@H](C)C(=O)Nc1ccc2c(c1)C(=O)c1ccccc1C2=O. The van der Waals surface area contributed by atoms with E-state index in [4.69, 9.17) is 0 Å². The van der Waals surface area contributed by atoms with Gasteiger partial charge < -0.3 is 5.32 Å². The summed E-state index contributed by atoms with van der Waals surface area (Å²) in [5, 5.41) is 2.06. The number of carbonyl (C=O) groups excluding carboxylic acids is 4. The fourth-order valence-corrected chi connectivity index (χ4v) is 3.87. The van der Waals surface area contributed by atoms with Crippen molar-refractivity contribution in [1.29, 1.82) is 0 Å². The van der Waals surface area contributed by atoms with E-state index in [1.807, 2.05) is 0 Å². The first kappa shape index (κ1) is 19.0. The van der Waals surface area contributed by atoms with E-state index in [2.05, 4.69) is 5.32 Å². The Balaban J connectivity index is 1.82. The zero-order valence-corrected chi connectivity index (χ0v) is 16.1. The average molecular weight is 381 g/mol. The molecule has 0 bridgehead atoms. The first-order chi connectivity index (χ1) is 12.8. The van der Waals surface area contributed by atoms with Gasteiger partial charge in [0.15, 0.2) is 11.6 Å². The van der Waals surface area contributed by atoms with E-state index in [0.29, 0.717) is 22.4 Å². The number of thioether (sulfide) groups is 1. The summed E-state index contributed by atoms with van der Waals surface area (Å²) >= 11 is 1.27. The molecule has 0 saturated carbocycles. The van der Waals surface area contributed by atoms with Gasteiger partial charge >= 0.3 is 0 Å². The van der Waals surface area contributed by atoms with Crippen LogP contribution in [-0.4, -0.2) is 33.8 Å². The van der Waals surface area contributed by atoms with Crippen LogP contribution in [0, 0.1) is 0 Å². The molecular weight excluding hydrogens is 362 g/mol. The van der Waals surface area contributed by atoms with Crippen molar-refractivity contribution in [3.63, 3.8) is 0 Å². The maximum atomic E-state index is 12.7. The Morgan fingerprint density at radius 2 is 1.41 bits per heavy atom. The second-order valence-corrected chi connectivity index (χ2v) is 8.17. The smallest absolute Gasteiger partial charge is 0.237 e. The molecule has 27 heavy (non-hydrogen) atoms. The number of carbonyl (C=O) groups is 4. The molecule has 6 heteroatoms. The number of Topliss-reactive ketones (excluding diaryl/α,β-unsaturated/α-hetero) is 1. The van der Waals surface area contributed by atoms with Crippen LogP contribution < -0.4 is 5.32 Å². The molecule has 0 radical (unpaired) electrons. The second kappa shape index (κ2) is 7.48. The summed E-state index contributed by atoms with van der Waals surface area (Å²) in [4.78, 5) is 49.1. The second-order valence-electron chi connectivity index (χ2n) is 6.48. The average Bonchev–Trinajstić information content (AvgIpc) is 2.65. The minimum absolute atomic E-state index is 0.0104. The van der Waals surface area contributed by atoms with Crippen molar-refractivity contribution in [3.8, 4) is 0 Å². The molecule has 2 atom stereocenters. The van der Waals surface area contributed by atoms with Gasteiger partial charge in [0.25, 0.3) is 0 Å². The molecule has 1 amide bonds. The van der Waals surface area contributed by atoms with Crippen LogP contribution in [0.1, 0.15) is 52.6 Å². The van der Waals surface area contributed by atoms with E-state index in [1.54, 1.807) is 50.2 Å². The van der Waals surface area contributed by atoms with Gasteiger partial charge in [0.05, 0.1) is 10.5 Å². The molecule has 0 fully saturated rings. The van der Waals surface area contributed by atoms with E-state index in [-0.39, 0.29) is 34.1 Å². The van der Waals surface area contributed by atoms with Crippen molar-refractivity contribution < 1.29 is 19.2 Å². The van der Waals surface area contributed by atoms with Gasteiger partial charge in [0, 0.05) is 27.9 Å². The number of amides is 1. The monoisotopic (exact) mass is 381 g/mol. The van der Waals surface area contributed by atoms with Crippen molar-refractivity contribution in [2.24, 2.45) is 0 Å². The standard InChI is InChI=1S/C21H19NO4S/c1-11(23)12(2)27-13(3)21(26)22-14-8-9-17-18(10-14)20(25)16-7-5-4-6-15(16)19(17)24/h4-10,12-13H,1-3H3,(H,22,26)/t12-,13+/m1/s1. The summed E-state index contributed by atoms with van der Waals surface area (Å²) in [5.74, 6) is -0.680. The zero-order chi connectivity index (χ0) is 19.7. The zero-order valence-electron chi connectivity index (χ0n) is 15.2. The molecule has 1 aliphatic carbocycles. The Morgan fingerprint density at radius 3 is 2.00 bits per heavy atom. The van der Waals surface area contributed by atoms with Gasteiger partial charge in [-0.15, -0.1) is 11.8 Å². The molecule has 1 N–H and O–H groups in total. The summed E-state index contributed by atoms with van der Waals surface area (Å²) in [6.45, 7) is 4.98. The molecule has 2 aromatic rings. The highest BCUT2D eigenvalue weighted by atomic mass is 32.2. The van der Waals surface area contributed by atoms with E-state index in [1.165, 1.54) is 24.8 Å². The number of anilines is 1. The highest BCUT2D eigenvalue weighted by molar-refractivity contribution is 8.01. The summed E-state index contributed by atoms with van der Waals surface area (Å²) < 4.78 is 0. The van der Waals surface area contributed by atoms with Crippen LogP contribution in [0.3, 0.4) is 0 Å². The minimum atomic E-state index is -0.432. The highest BCUT2D eigenvalue weighted by Gasteiger charge is 2.29. The van der Waals surface area contributed by atoms with Crippen LogP contribution >= 0.6 is 11.8 Å². The molecule has 3 rings (SSSR count). The molecule has 1 aliphatic rings. The van der Waals surface area contributed by atoms with E-state index < -0.39 is 5.25 Å². The molecular formula is C21H19NO4S. The fourth-order valence-electron chi connectivity index (χ4n) is 2.88. The lowest BCUT2D eigenvalue weighted by atomic mass is 9.84. The van der Waals surface area contributed by atoms with E-state index >= 15 is 0 Å². The Hall–Kier alpha value is -2.73. The van der Waals surface area contributed by atoms with Crippen LogP contribution in [0.4, 0.5) is 5.69 Å². The third-order valence-corrected chi connectivity index (χ3v) is 5.91. The number of fused-ring (bicyclic) bond motifs is 2. The first-order valence-corrected chi connectivity index (χ1v) is 9.53. The first-order valence-electron chi connectivity index (χ1n) is 8.59. The topological polar surface area (TPSA) is 80.3 Å². The lowest BCUT2D eigenvalue weighted by Gasteiger charge is -2.19. The quantitative estimate of drug-likeness (QED) is 0.732. The number of ketones is 3. The van der Waals surface area contributed by atoms with Gasteiger partial charge in [0.1, 0.15) is 5.78 Å². The van der Waals surface area contributed by atoms with Crippen molar-refractivity contribution >= 4 is 40.7 Å². The van der Waals surface area contributed by atoms with Crippen LogP contribution in [0.5, 0.6) is 0 Å². The number of rotatable bonds is 5. The molecule has 0 spiro atoms. The predicted molar refractivity (Wildman–Crippen MR) is 106 cm³/mol. The van der Waals surface area contributed by atoms with Crippen LogP contribution in [0.25, 0.3) is 0 Å². The number of nitrogens with one attached hydrogen (secondary N) is 1. The van der Waals surface area contributed by atoms with Gasteiger partial charge in [-0.2, -0.15) is 0 Å². The Morgan fingerprint density at radius 1 is 0.852 bits per heavy atom. The van der Waals surface area contributed by atoms with E-state index in [9.17, 15) is 19.2 Å². The summed E-state index contributed by atoms with van der Waals surface area (Å²) in [6.07, 6.45) is 0. The Labute approximate surface area is 161 Å². The largest absolute Gasteiger partial charge is 0.325 e. The lowest BCUT2D eigenvalue weighted by Crippen LogP contribution is -2.26. The van der Waals surface area contributed by atoms with Crippen molar-refractivity contribution in [1.82, 2.24) is 0 Å². The summed E-state index contributed by atoms with van der Waals surface area (Å²) in [6, 6.07) is 11.4. The molecule has 5 nitrogen and oxygen atoms in total. The van der Waals surface area contributed by atoms with Crippen LogP contribution in [-0.2, 0) is 9.59 Å². The molecule has 0 unspecified atom stereocenters. The van der Waals surface area contributed by atoms with Crippen molar-refractivity contribution in [2.45, 2.75) is 31.3 Å². The van der Waals surface area contributed by atoms with Gasteiger partial charge in [-0.25, -0.2) is 0 Å². The summed E-state index contributed by atoms with van der Waals surface area (Å²) in [7, 11) is 0. The van der Waals surface area contributed by atoms with Crippen molar-refractivity contribution in [2.75, 3.05) is 5.32 Å². The maximum absolute atomic E-state index is 12.7. The number of hydrogen-bond donors (Lipinski definition) is 1. The highest BCUT2D eigenvalue weighted by Crippen LogP contribution is 2.29. The van der Waals surface area contributed by atoms with Crippen LogP contribution in [0.15, 0.2) is 42.5 Å². The van der Waals surface area contributed by atoms with Gasteiger partial charge in [-0.3, -0.25) is 19.2 Å². The fraction of sp³-hybridized carbons (Fsp3) is 0.238. The third kappa shape index (κ3) is 3.71. The maximum Gasteiger partial charge on any atom is 0.237 e. The molecule has 0 heterocycles. The molecule has 0 aromatic heterocycles. The van der Waals surface area contributed by atoms with Gasteiger partial charge in [0.2, 0.25) is 5.91 Å². The number of hydrogen-bond acceptors (Lipinski definition) is 5. The predicted octanol–water partition coefficient (Wildman–Crippen LogP) is 3.50. The third-order valence-electron chi connectivity index (χ3n) is 4.54. The van der Waals surface area contributed by atoms with Gasteiger partial charge in [-0.1, -0.05) is 24.3 Å². The van der Waals surface area contributed by atoms with E-state index in [0.717, 1.165) is 0 Å². The van der Waals surface area contributed by atoms with Gasteiger partial charge in [-0.05, 0) is 39.0 Å².